The van der Waals surface area contributed by atoms with E-state index in [0.29, 0.717) is 5.56 Å². The van der Waals surface area contributed by atoms with Crippen molar-refractivity contribution in [3.8, 4) is 0 Å². The van der Waals surface area contributed by atoms with Crippen molar-refractivity contribution in [2.75, 3.05) is 0 Å². The van der Waals surface area contributed by atoms with Gasteiger partial charge in [-0.05, 0) is 73.1 Å². The predicted octanol–water partition coefficient (Wildman–Crippen LogP) is 5.65. The van der Waals surface area contributed by atoms with Crippen molar-refractivity contribution in [1.82, 2.24) is 0 Å². The van der Waals surface area contributed by atoms with Gasteiger partial charge in [-0.2, -0.15) is 0 Å². The Kier molecular flexibility index (Phi) is 5.70. The zero-order valence-electron chi connectivity index (χ0n) is 21.5. The highest BCUT2D eigenvalue weighted by Crippen LogP contribution is 2.68. The number of benzene rings is 3. The fourth-order valence-corrected chi connectivity index (χ4v) is 12.8. The van der Waals surface area contributed by atoms with Gasteiger partial charge >= 0.3 is 0 Å². The molecule has 3 aromatic carbocycles. The van der Waals surface area contributed by atoms with Gasteiger partial charge in [0.05, 0.1) is 25.2 Å². The van der Waals surface area contributed by atoms with Crippen molar-refractivity contribution in [2.45, 2.75) is 39.6 Å². The second-order valence-electron chi connectivity index (χ2n) is 11.2. The molecule has 0 aliphatic heterocycles. The first-order valence-electron chi connectivity index (χ1n) is 13.5. The second-order valence-corrected chi connectivity index (χ2v) is 15.4. The monoisotopic (exact) mass is 573 g/mol. The number of non-ortho nitro benzene ring substituents is 1. The smallest absolute Gasteiger partial charge is 0.258 e. The van der Waals surface area contributed by atoms with Crippen LogP contribution in [0.4, 0.5) is 5.69 Å². The van der Waals surface area contributed by atoms with Gasteiger partial charge < -0.3 is 0 Å². The number of fused-ring (bicyclic) bond motifs is 8. The molecule has 204 valence electrons. The Hall–Kier alpha value is -3.56. The van der Waals surface area contributed by atoms with Crippen LogP contribution >= 0.6 is 0 Å². The van der Waals surface area contributed by atoms with Gasteiger partial charge in [0.15, 0.2) is 19.7 Å². The maximum atomic E-state index is 14.4. The lowest BCUT2D eigenvalue weighted by atomic mass is 9.82. The summed E-state index contributed by atoms with van der Waals surface area (Å²) >= 11 is 0. The van der Waals surface area contributed by atoms with Crippen LogP contribution in [-0.2, 0) is 19.7 Å². The fourth-order valence-electron chi connectivity index (χ4n) is 7.86. The summed E-state index contributed by atoms with van der Waals surface area (Å²) in [5.41, 5.74) is 3.74. The quantitative estimate of drug-likeness (QED) is 0.163. The number of rotatable bonds is 6. The molecule has 9 heteroatoms. The number of sulfone groups is 2. The van der Waals surface area contributed by atoms with Crippen LogP contribution < -0.4 is 0 Å². The molecule has 0 N–H and O–H groups in total. The van der Waals surface area contributed by atoms with Crippen molar-refractivity contribution in [3.63, 3.8) is 0 Å². The SMILES string of the molecule is O=[N+]([O-])c1ccc(C=C2[C@H]3C4=C([C@H]5CC[C@H]4C5)[C@H]2[C@H](S(=O)(=O)c2ccccc2)[C@@H]3S(=O)(=O)c2ccccc2)cc1. The lowest BCUT2D eigenvalue weighted by Gasteiger charge is -2.35. The third kappa shape index (κ3) is 3.60. The molecule has 4 bridgehead atoms. The minimum atomic E-state index is -4.05. The maximum Gasteiger partial charge on any atom is 0.269 e. The molecule has 0 heterocycles. The lowest BCUT2D eigenvalue weighted by Crippen LogP contribution is -2.45. The molecule has 3 aromatic rings. The number of allylic oxidation sites excluding steroid dienone is 3. The number of nitro groups is 1. The van der Waals surface area contributed by atoms with Crippen LogP contribution in [0.1, 0.15) is 24.8 Å². The molecule has 0 saturated heterocycles. The zero-order chi connectivity index (χ0) is 27.8. The summed E-state index contributed by atoms with van der Waals surface area (Å²) in [5.74, 6) is -0.549. The second kappa shape index (κ2) is 8.97. The summed E-state index contributed by atoms with van der Waals surface area (Å²) < 4.78 is 57.7. The Morgan fingerprint density at radius 2 is 1.12 bits per heavy atom. The Labute approximate surface area is 233 Å². The average Bonchev–Trinajstić information content (AvgIpc) is 3.73. The van der Waals surface area contributed by atoms with Crippen molar-refractivity contribution in [3.05, 3.63) is 117 Å². The van der Waals surface area contributed by atoms with E-state index >= 15 is 0 Å². The van der Waals surface area contributed by atoms with Gasteiger partial charge in [0.2, 0.25) is 0 Å². The summed E-state index contributed by atoms with van der Waals surface area (Å²) in [5, 5.41) is 8.89. The third-order valence-electron chi connectivity index (χ3n) is 9.31. The molecule has 0 unspecified atom stereocenters. The Morgan fingerprint density at radius 1 is 0.675 bits per heavy atom. The van der Waals surface area contributed by atoms with Gasteiger partial charge in [0.25, 0.3) is 5.69 Å². The van der Waals surface area contributed by atoms with E-state index in [1.54, 1.807) is 72.8 Å². The maximum absolute atomic E-state index is 14.4. The first-order valence-corrected chi connectivity index (χ1v) is 16.6. The number of hydrogen-bond acceptors (Lipinski definition) is 6. The van der Waals surface area contributed by atoms with Crippen LogP contribution in [-0.4, -0.2) is 32.3 Å². The summed E-state index contributed by atoms with van der Waals surface area (Å²) in [6, 6.07) is 22.5. The van der Waals surface area contributed by atoms with Gasteiger partial charge in [0, 0.05) is 24.0 Å². The van der Waals surface area contributed by atoms with Crippen LogP contribution in [0, 0.1) is 33.8 Å². The van der Waals surface area contributed by atoms with E-state index in [9.17, 15) is 26.9 Å². The van der Waals surface area contributed by atoms with E-state index < -0.39 is 46.9 Å². The Balaban J connectivity index is 1.47. The van der Waals surface area contributed by atoms with Crippen LogP contribution in [0.2, 0.25) is 0 Å². The van der Waals surface area contributed by atoms with Gasteiger partial charge in [-0.25, -0.2) is 16.8 Å². The standard InChI is InChI=1S/C31H27NO6S2/c33-32(34)22-15-11-19(12-16-22)17-25-28-26-20-13-14-21(18-20)27(26)29(25)31(40(37,38)24-9-5-2-6-10-24)30(28)39(35,36)23-7-3-1-4-8-23/h1-12,15-17,20-21,28-31H,13-14,18H2/t20-,21-,28-,29-,30-,31+/m0/s1. The third-order valence-corrected chi connectivity index (χ3v) is 13.9. The highest BCUT2D eigenvalue weighted by molar-refractivity contribution is 7.96. The highest BCUT2D eigenvalue weighted by Gasteiger charge is 2.67. The molecule has 4 aliphatic rings. The van der Waals surface area contributed by atoms with Crippen LogP contribution in [0.5, 0.6) is 0 Å². The van der Waals surface area contributed by atoms with Crippen molar-refractivity contribution in [1.29, 1.82) is 0 Å². The summed E-state index contributed by atoms with van der Waals surface area (Å²) in [4.78, 5) is 11.0. The van der Waals surface area contributed by atoms with Crippen LogP contribution in [0.15, 0.2) is 111 Å². The molecule has 4 aliphatic carbocycles. The number of nitrogens with zero attached hydrogens (tertiary/aromatic N) is 1. The molecule has 7 nitrogen and oxygen atoms in total. The molecule has 0 radical (unpaired) electrons. The van der Waals surface area contributed by atoms with E-state index in [4.69, 9.17) is 0 Å². The molecule has 40 heavy (non-hydrogen) atoms. The van der Waals surface area contributed by atoms with Gasteiger partial charge in [0.1, 0.15) is 0 Å². The van der Waals surface area contributed by atoms with E-state index in [1.807, 2.05) is 6.08 Å². The highest BCUT2D eigenvalue weighted by atomic mass is 32.2. The van der Waals surface area contributed by atoms with E-state index in [1.165, 1.54) is 12.1 Å². The molecule has 0 amide bonds. The minimum absolute atomic E-state index is 0.0377. The van der Waals surface area contributed by atoms with E-state index in [0.717, 1.165) is 36.0 Å². The number of hydrogen-bond donors (Lipinski definition) is 0. The normalized spacial score (nSPS) is 29.8. The molecular weight excluding hydrogens is 546 g/mol. The number of nitro benzene ring substituents is 1. The summed E-state index contributed by atoms with van der Waals surface area (Å²) in [6.45, 7) is 0. The molecule has 2 fully saturated rings. The van der Waals surface area contributed by atoms with Gasteiger partial charge in [-0.1, -0.05) is 59.2 Å². The molecule has 0 aromatic heterocycles. The van der Waals surface area contributed by atoms with Crippen molar-refractivity contribution in [2.24, 2.45) is 23.7 Å². The minimum Gasteiger partial charge on any atom is -0.258 e. The van der Waals surface area contributed by atoms with Crippen LogP contribution in [0.3, 0.4) is 0 Å². The van der Waals surface area contributed by atoms with E-state index in [-0.39, 0.29) is 27.3 Å². The largest absolute Gasteiger partial charge is 0.269 e. The Morgan fingerprint density at radius 3 is 1.55 bits per heavy atom. The topological polar surface area (TPSA) is 111 Å². The van der Waals surface area contributed by atoms with Crippen molar-refractivity contribution < 1.29 is 21.8 Å². The predicted molar refractivity (Wildman–Crippen MR) is 151 cm³/mol. The average molecular weight is 574 g/mol. The van der Waals surface area contributed by atoms with E-state index in [2.05, 4.69) is 0 Å². The van der Waals surface area contributed by atoms with Crippen molar-refractivity contribution >= 4 is 31.4 Å². The molecule has 2 saturated carbocycles. The molecule has 7 rings (SSSR count). The van der Waals surface area contributed by atoms with Crippen LogP contribution in [0.25, 0.3) is 6.08 Å². The Bertz CT molecular complexity index is 1690. The molecular formula is C31H27NO6S2. The fraction of sp³-hybridized carbons (Fsp3) is 0.290. The molecule has 0 spiro atoms. The summed E-state index contributed by atoms with van der Waals surface area (Å²) in [6.07, 6.45) is 4.83. The zero-order valence-corrected chi connectivity index (χ0v) is 23.1. The van der Waals surface area contributed by atoms with Gasteiger partial charge in [-0.15, -0.1) is 0 Å². The summed E-state index contributed by atoms with van der Waals surface area (Å²) in [7, 11) is -8.10. The first kappa shape index (κ1) is 25.4. The molecule has 6 atom stereocenters. The lowest BCUT2D eigenvalue weighted by molar-refractivity contribution is -0.384. The van der Waals surface area contributed by atoms with Gasteiger partial charge in [-0.3, -0.25) is 10.1 Å². The first-order chi connectivity index (χ1) is 19.2.